The van der Waals surface area contributed by atoms with Gasteiger partial charge in [-0.25, -0.2) is 9.78 Å². The summed E-state index contributed by atoms with van der Waals surface area (Å²) in [6.45, 7) is 1.63. The highest BCUT2D eigenvalue weighted by atomic mass is 35.5. The largest absolute Gasteiger partial charge is 0.482 e. The second-order valence-electron chi connectivity index (χ2n) is 5.29. The predicted octanol–water partition coefficient (Wildman–Crippen LogP) is 4.43. The van der Waals surface area contributed by atoms with E-state index in [1.807, 2.05) is 30.3 Å². The Balaban J connectivity index is 1.53. The monoisotopic (exact) mass is 357 g/mol. The normalized spacial score (nSPS) is 10.5. The molecule has 0 N–H and O–H groups in total. The Morgan fingerprint density at radius 1 is 1.12 bits per heavy atom. The van der Waals surface area contributed by atoms with Crippen LogP contribution in [-0.2, 0) is 16.1 Å². The molecule has 1 aromatic heterocycles. The first kappa shape index (κ1) is 17.0. The standard InChI is InChI=1S/C19H16ClNO4/c1-13-17(21-19(25-13)14-5-3-2-4-6-14)11-24-18(22)12-23-16-9-7-15(20)8-10-16/h2-10H,11-12H2,1H3. The molecule has 3 rings (SSSR count). The fraction of sp³-hybridized carbons (Fsp3) is 0.158. The van der Waals surface area contributed by atoms with Crippen molar-refractivity contribution in [1.82, 2.24) is 4.98 Å². The van der Waals surface area contributed by atoms with Gasteiger partial charge in [0.1, 0.15) is 23.8 Å². The maximum absolute atomic E-state index is 11.8. The van der Waals surface area contributed by atoms with Crippen LogP contribution in [0.25, 0.3) is 11.5 Å². The number of carbonyl (C=O) groups excluding carboxylic acids is 1. The molecule has 0 aliphatic carbocycles. The Hall–Kier alpha value is -2.79. The van der Waals surface area contributed by atoms with E-state index in [9.17, 15) is 4.79 Å². The minimum Gasteiger partial charge on any atom is -0.482 e. The molecule has 0 aliphatic rings. The van der Waals surface area contributed by atoms with Crippen molar-refractivity contribution in [2.75, 3.05) is 6.61 Å². The molecule has 0 bridgehead atoms. The average Bonchev–Trinajstić information content (AvgIpc) is 3.01. The second-order valence-corrected chi connectivity index (χ2v) is 5.73. The fourth-order valence-electron chi connectivity index (χ4n) is 2.13. The van der Waals surface area contributed by atoms with Gasteiger partial charge in [0.2, 0.25) is 5.89 Å². The second kappa shape index (κ2) is 7.85. The van der Waals surface area contributed by atoms with Crippen molar-refractivity contribution in [3.63, 3.8) is 0 Å². The zero-order valence-corrected chi connectivity index (χ0v) is 14.3. The molecule has 1 heterocycles. The van der Waals surface area contributed by atoms with Crippen LogP contribution in [0.2, 0.25) is 5.02 Å². The van der Waals surface area contributed by atoms with Crippen LogP contribution >= 0.6 is 11.6 Å². The van der Waals surface area contributed by atoms with Crippen molar-refractivity contribution < 1.29 is 18.7 Å². The number of aromatic nitrogens is 1. The van der Waals surface area contributed by atoms with E-state index in [1.54, 1.807) is 31.2 Å². The van der Waals surface area contributed by atoms with Crippen molar-refractivity contribution in [3.05, 3.63) is 71.1 Å². The lowest BCUT2D eigenvalue weighted by Gasteiger charge is -2.06. The van der Waals surface area contributed by atoms with Crippen LogP contribution in [0.15, 0.2) is 59.0 Å². The molecule has 25 heavy (non-hydrogen) atoms. The topological polar surface area (TPSA) is 61.6 Å². The maximum Gasteiger partial charge on any atom is 0.344 e. The van der Waals surface area contributed by atoms with E-state index in [1.165, 1.54) is 0 Å². The number of ether oxygens (including phenoxy) is 2. The van der Waals surface area contributed by atoms with Gasteiger partial charge < -0.3 is 13.9 Å². The zero-order chi connectivity index (χ0) is 17.6. The number of nitrogens with zero attached hydrogens (tertiary/aromatic N) is 1. The summed E-state index contributed by atoms with van der Waals surface area (Å²) >= 11 is 5.79. The zero-order valence-electron chi connectivity index (χ0n) is 13.6. The lowest BCUT2D eigenvalue weighted by Crippen LogP contribution is -2.15. The van der Waals surface area contributed by atoms with E-state index in [0.717, 1.165) is 5.56 Å². The van der Waals surface area contributed by atoms with Gasteiger partial charge in [-0.2, -0.15) is 0 Å². The van der Waals surface area contributed by atoms with Crippen LogP contribution in [-0.4, -0.2) is 17.6 Å². The third kappa shape index (κ3) is 4.61. The number of aryl methyl sites for hydroxylation is 1. The molecule has 0 saturated carbocycles. The quantitative estimate of drug-likeness (QED) is 0.611. The first-order chi connectivity index (χ1) is 12.1. The summed E-state index contributed by atoms with van der Waals surface area (Å²) in [6.07, 6.45) is 0. The summed E-state index contributed by atoms with van der Waals surface area (Å²) < 4.78 is 16.2. The summed E-state index contributed by atoms with van der Waals surface area (Å²) in [4.78, 5) is 16.2. The fourth-order valence-corrected chi connectivity index (χ4v) is 2.26. The summed E-state index contributed by atoms with van der Waals surface area (Å²) in [6, 6.07) is 16.3. The summed E-state index contributed by atoms with van der Waals surface area (Å²) in [5.74, 6) is 1.18. The van der Waals surface area contributed by atoms with E-state index < -0.39 is 5.97 Å². The molecule has 0 aliphatic heterocycles. The number of benzene rings is 2. The minimum atomic E-state index is -0.487. The van der Waals surface area contributed by atoms with Gasteiger partial charge in [0.25, 0.3) is 0 Å². The van der Waals surface area contributed by atoms with Crippen molar-refractivity contribution in [1.29, 1.82) is 0 Å². The molecule has 0 fully saturated rings. The average molecular weight is 358 g/mol. The third-order valence-corrected chi connectivity index (χ3v) is 3.71. The summed E-state index contributed by atoms with van der Waals surface area (Å²) in [7, 11) is 0. The van der Waals surface area contributed by atoms with Crippen LogP contribution in [0.3, 0.4) is 0 Å². The molecule has 0 amide bonds. The molecule has 0 radical (unpaired) electrons. The Bertz CT molecular complexity index is 844. The molecule has 2 aromatic carbocycles. The van der Waals surface area contributed by atoms with Crippen LogP contribution in [0, 0.1) is 6.92 Å². The number of oxazole rings is 1. The SMILES string of the molecule is Cc1oc(-c2ccccc2)nc1COC(=O)COc1ccc(Cl)cc1. The molecule has 0 saturated heterocycles. The molecule has 0 unspecified atom stereocenters. The van der Waals surface area contributed by atoms with Gasteiger partial charge in [0, 0.05) is 10.6 Å². The Labute approximate surface area is 150 Å². The maximum atomic E-state index is 11.8. The van der Waals surface area contributed by atoms with Crippen LogP contribution in [0.4, 0.5) is 0 Å². The van der Waals surface area contributed by atoms with Gasteiger partial charge in [-0.15, -0.1) is 0 Å². The molecule has 128 valence electrons. The van der Waals surface area contributed by atoms with E-state index in [-0.39, 0.29) is 13.2 Å². The van der Waals surface area contributed by atoms with Gasteiger partial charge in [-0.1, -0.05) is 29.8 Å². The minimum absolute atomic E-state index is 0.0327. The summed E-state index contributed by atoms with van der Waals surface area (Å²) in [5.41, 5.74) is 1.45. The lowest BCUT2D eigenvalue weighted by molar-refractivity contribution is -0.147. The van der Waals surface area contributed by atoms with Gasteiger partial charge in [-0.05, 0) is 43.3 Å². The Kier molecular flexibility index (Phi) is 5.36. The lowest BCUT2D eigenvalue weighted by atomic mass is 10.2. The van der Waals surface area contributed by atoms with Gasteiger partial charge in [0.05, 0.1) is 0 Å². The molecule has 0 spiro atoms. The highest BCUT2D eigenvalue weighted by Crippen LogP contribution is 2.22. The van der Waals surface area contributed by atoms with E-state index >= 15 is 0 Å². The Morgan fingerprint density at radius 3 is 2.56 bits per heavy atom. The van der Waals surface area contributed by atoms with Crippen molar-refractivity contribution in [2.24, 2.45) is 0 Å². The van der Waals surface area contributed by atoms with Gasteiger partial charge in [0.15, 0.2) is 6.61 Å². The van der Waals surface area contributed by atoms with Gasteiger partial charge >= 0.3 is 5.97 Å². The van der Waals surface area contributed by atoms with E-state index in [4.69, 9.17) is 25.5 Å². The van der Waals surface area contributed by atoms with Crippen molar-refractivity contribution in [3.8, 4) is 17.2 Å². The van der Waals surface area contributed by atoms with E-state index in [2.05, 4.69) is 4.98 Å². The number of carbonyl (C=O) groups is 1. The Morgan fingerprint density at radius 2 is 1.84 bits per heavy atom. The highest BCUT2D eigenvalue weighted by molar-refractivity contribution is 6.30. The van der Waals surface area contributed by atoms with Crippen molar-refractivity contribution >= 4 is 17.6 Å². The molecular weight excluding hydrogens is 342 g/mol. The number of hydrogen-bond acceptors (Lipinski definition) is 5. The highest BCUT2D eigenvalue weighted by Gasteiger charge is 2.13. The van der Waals surface area contributed by atoms with Crippen molar-refractivity contribution in [2.45, 2.75) is 13.5 Å². The molecule has 0 atom stereocenters. The first-order valence-corrected chi connectivity index (χ1v) is 8.05. The van der Waals surface area contributed by atoms with E-state index in [0.29, 0.717) is 28.1 Å². The number of hydrogen-bond donors (Lipinski definition) is 0. The number of esters is 1. The molecule has 5 nitrogen and oxygen atoms in total. The number of rotatable bonds is 6. The smallest absolute Gasteiger partial charge is 0.344 e. The number of halogens is 1. The van der Waals surface area contributed by atoms with Crippen LogP contribution < -0.4 is 4.74 Å². The van der Waals surface area contributed by atoms with Gasteiger partial charge in [-0.3, -0.25) is 0 Å². The van der Waals surface area contributed by atoms with Crippen LogP contribution in [0.1, 0.15) is 11.5 Å². The third-order valence-electron chi connectivity index (χ3n) is 3.45. The molecule has 3 aromatic rings. The summed E-state index contributed by atoms with van der Waals surface area (Å²) in [5, 5.41) is 0.602. The molecule has 6 heteroatoms. The first-order valence-electron chi connectivity index (χ1n) is 7.67. The molecular formula is C19H16ClNO4. The van der Waals surface area contributed by atoms with Crippen LogP contribution in [0.5, 0.6) is 5.75 Å². The predicted molar refractivity (Wildman–Crippen MR) is 93.4 cm³/mol.